The second-order valence-corrected chi connectivity index (χ2v) is 12.5. The molecule has 1 fully saturated rings. The van der Waals surface area contributed by atoms with Crippen LogP contribution in [0.1, 0.15) is 65.7 Å². The molecule has 2 aliphatic heterocycles. The topological polar surface area (TPSA) is 114 Å². The van der Waals surface area contributed by atoms with Gasteiger partial charge in [0.15, 0.2) is 11.6 Å². The molecule has 2 heterocycles. The first kappa shape index (κ1) is 32.0. The minimum atomic E-state index is -1.15. The van der Waals surface area contributed by atoms with E-state index in [0.717, 1.165) is 27.8 Å². The number of hydrogen-bond acceptors (Lipinski definition) is 7. The van der Waals surface area contributed by atoms with Crippen LogP contribution in [0.15, 0.2) is 54.6 Å². The summed E-state index contributed by atoms with van der Waals surface area (Å²) in [7, 11) is 1.37. The number of rotatable bonds is 7. The van der Waals surface area contributed by atoms with Gasteiger partial charge < -0.3 is 29.5 Å². The zero-order valence-corrected chi connectivity index (χ0v) is 26.2. The fourth-order valence-corrected chi connectivity index (χ4v) is 6.37. The van der Waals surface area contributed by atoms with Gasteiger partial charge in [-0.3, -0.25) is 4.79 Å². The summed E-state index contributed by atoms with van der Waals surface area (Å²) < 4.78 is 31.9. The lowest BCUT2D eigenvalue weighted by atomic mass is 9.71. The number of amides is 2. The second-order valence-electron chi connectivity index (χ2n) is 12.5. The van der Waals surface area contributed by atoms with E-state index < -0.39 is 47.5 Å². The smallest absolute Gasteiger partial charge is 0.410 e. The molecule has 1 saturated heterocycles. The number of nitrogens with zero attached hydrogens (tertiary/aromatic N) is 1. The molecule has 1 spiro atoms. The van der Waals surface area contributed by atoms with Crippen LogP contribution in [0.25, 0.3) is 11.1 Å². The van der Waals surface area contributed by atoms with Gasteiger partial charge in [-0.1, -0.05) is 42.5 Å². The number of aliphatic hydroxyl groups is 1. The van der Waals surface area contributed by atoms with E-state index in [2.05, 4.69) is 11.4 Å². The number of esters is 1. The highest BCUT2D eigenvalue weighted by atomic mass is 19.1. The number of methoxy groups -OCH3 is 1. The van der Waals surface area contributed by atoms with Crippen molar-refractivity contribution in [2.24, 2.45) is 0 Å². The zero-order valence-electron chi connectivity index (χ0n) is 26.2. The summed E-state index contributed by atoms with van der Waals surface area (Å²) in [6.45, 7) is 7.72. The predicted molar refractivity (Wildman–Crippen MR) is 166 cm³/mol. The summed E-state index contributed by atoms with van der Waals surface area (Å²) in [6.07, 6.45) is 0.401. The van der Waals surface area contributed by atoms with Crippen molar-refractivity contribution in [1.82, 2.24) is 10.2 Å². The second kappa shape index (κ2) is 12.5. The van der Waals surface area contributed by atoms with E-state index in [1.54, 1.807) is 11.0 Å². The summed E-state index contributed by atoms with van der Waals surface area (Å²) in [5.41, 5.74) is 3.64. The molecular formula is C35H39FN2O7. The van der Waals surface area contributed by atoms with Crippen LogP contribution < -0.4 is 10.1 Å². The van der Waals surface area contributed by atoms with E-state index in [9.17, 15) is 18.8 Å². The van der Waals surface area contributed by atoms with Crippen molar-refractivity contribution in [2.75, 3.05) is 33.4 Å². The van der Waals surface area contributed by atoms with Crippen LogP contribution in [0.3, 0.4) is 0 Å². The standard InChI is InChI=1S/C35H39FN2O7/c1-21-16-23(25-9-7-6-8-22(25)12-14-37-31(40)20-39)10-11-24(21)28-19-38(33(42)45-34(2,3)4)15-13-35(28)27-18-30(43-5)29(36)17-26(27)32(41)44-35/h6-11,16-18,28,39H,12-15,19-20H2,1-5H3,(H,37,40)/t28-,35+/m1/s1. The Bertz CT molecular complexity index is 1630. The average molecular weight is 619 g/mol. The number of nitrogens with one attached hydrogen (secondary N) is 1. The summed E-state index contributed by atoms with van der Waals surface area (Å²) in [6, 6.07) is 16.7. The number of aryl methyl sites for hydroxylation is 1. The van der Waals surface area contributed by atoms with E-state index in [0.29, 0.717) is 18.5 Å². The van der Waals surface area contributed by atoms with E-state index in [4.69, 9.17) is 19.3 Å². The van der Waals surface area contributed by atoms with Crippen molar-refractivity contribution in [1.29, 1.82) is 0 Å². The molecule has 45 heavy (non-hydrogen) atoms. The molecule has 238 valence electrons. The number of hydrogen-bond donors (Lipinski definition) is 2. The molecule has 10 heteroatoms. The third-order valence-electron chi connectivity index (χ3n) is 8.45. The van der Waals surface area contributed by atoms with Gasteiger partial charge in [-0.25, -0.2) is 14.0 Å². The maximum Gasteiger partial charge on any atom is 0.410 e. The summed E-state index contributed by atoms with van der Waals surface area (Å²) in [4.78, 5) is 39.6. The molecule has 2 N–H and O–H groups in total. The van der Waals surface area contributed by atoms with Gasteiger partial charge in [-0.2, -0.15) is 0 Å². The monoisotopic (exact) mass is 618 g/mol. The van der Waals surface area contributed by atoms with Gasteiger partial charge in [0.25, 0.3) is 0 Å². The Kier molecular flexibility index (Phi) is 8.89. The minimum absolute atomic E-state index is 0.0126. The predicted octanol–water partition coefficient (Wildman–Crippen LogP) is 5.25. The lowest BCUT2D eigenvalue weighted by molar-refractivity contribution is -0.123. The summed E-state index contributed by atoms with van der Waals surface area (Å²) >= 11 is 0. The molecule has 5 rings (SSSR count). The van der Waals surface area contributed by atoms with Crippen molar-refractivity contribution in [3.63, 3.8) is 0 Å². The molecule has 0 aromatic heterocycles. The Morgan fingerprint density at radius 3 is 2.58 bits per heavy atom. The molecular weight excluding hydrogens is 579 g/mol. The molecule has 9 nitrogen and oxygen atoms in total. The highest BCUT2D eigenvalue weighted by molar-refractivity contribution is 5.95. The largest absolute Gasteiger partial charge is 0.494 e. The van der Waals surface area contributed by atoms with Crippen LogP contribution in [-0.2, 0) is 26.3 Å². The van der Waals surface area contributed by atoms with Crippen LogP contribution in [0, 0.1) is 12.7 Å². The first-order valence-corrected chi connectivity index (χ1v) is 15.0. The molecule has 2 atom stereocenters. The van der Waals surface area contributed by atoms with Gasteiger partial charge in [0, 0.05) is 37.5 Å². The third-order valence-corrected chi connectivity index (χ3v) is 8.45. The zero-order chi connectivity index (χ0) is 32.5. The minimum Gasteiger partial charge on any atom is -0.494 e. The molecule has 0 unspecified atom stereocenters. The van der Waals surface area contributed by atoms with Crippen molar-refractivity contribution in [3.8, 4) is 16.9 Å². The summed E-state index contributed by atoms with van der Waals surface area (Å²) in [5.74, 6) is -2.17. The van der Waals surface area contributed by atoms with Gasteiger partial charge in [0.05, 0.1) is 12.7 Å². The molecule has 0 saturated carbocycles. The number of benzene rings is 3. The van der Waals surface area contributed by atoms with Gasteiger partial charge in [0.2, 0.25) is 5.91 Å². The first-order valence-electron chi connectivity index (χ1n) is 15.0. The van der Waals surface area contributed by atoms with Crippen molar-refractivity contribution in [2.45, 2.75) is 57.7 Å². The van der Waals surface area contributed by atoms with Gasteiger partial charge in [-0.15, -0.1) is 0 Å². The van der Waals surface area contributed by atoms with E-state index in [-0.39, 0.29) is 30.8 Å². The van der Waals surface area contributed by atoms with Crippen molar-refractivity contribution < 1.29 is 38.1 Å². The first-order chi connectivity index (χ1) is 21.4. The van der Waals surface area contributed by atoms with Crippen LogP contribution in [-0.4, -0.2) is 66.9 Å². The molecule has 3 aromatic carbocycles. The quantitative estimate of drug-likeness (QED) is 0.348. The maximum atomic E-state index is 14.7. The SMILES string of the molecule is COc1cc2c(cc1F)C(=O)O[C@@]21CCN(C(=O)OC(C)(C)C)C[C@@H]1c1ccc(-c2ccccc2CCNC(=O)CO)cc1C. The highest BCUT2D eigenvalue weighted by Crippen LogP contribution is 2.53. The van der Waals surface area contributed by atoms with Crippen LogP contribution in [0.5, 0.6) is 5.75 Å². The molecule has 2 aliphatic rings. The van der Waals surface area contributed by atoms with E-state index in [1.807, 2.05) is 64.1 Å². The molecule has 2 amide bonds. The molecule has 0 bridgehead atoms. The van der Waals surface area contributed by atoms with Crippen LogP contribution >= 0.6 is 0 Å². The van der Waals surface area contributed by atoms with Crippen molar-refractivity contribution in [3.05, 3.63) is 88.2 Å². The Labute approximate surface area is 262 Å². The number of aliphatic hydroxyl groups excluding tert-OH is 1. The number of halogens is 1. The Morgan fingerprint density at radius 1 is 1.13 bits per heavy atom. The Morgan fingerprint density at radius 2 is 1.89 bits per heavy atom. The summed E-state index contributed by atoms with van der Waals surface area (Å²) in [5, 5.41) is 11.7. The van der Waals surface area contributed by atoms with Gasteiger partial charge in [0.1, 0.15) is 17.8 Å². The Hall–Kier alpha value is -4.44. The molecule has 0 radical (unpaired) electrons. The average Bonchev–Trinajstić information content (AvgIpc) is 3.26. The third kappa shape index (κ3) is 6.38. The van der Waals surface area contributed by atoms with E-state index in [1.165, 1.54) is 13.2 Å². The van der Waals surface area contributed by atoms with Crippen molar-refractivity contribution >= 4 is 18.0 Å². The van der Waals surface area contributed by atoms with E-state index >= 15 is 0 Å². The normalized spacial score (nSPS) is 19.2. The highest BCUT2D eigenvalue weighted by Gasteiger charge is 2.55. The lowest BCUT2D eigenvalue weighted by Crippen LogP contribution is -2.51. The van der Waals surface area contributed by atoms with Gasteiger partial charge in [-0.05, 0) is 74.1 Å². The van der Waals surface area contributed by atoms with Crippen LogP contribution in [0.2, 0.25) is 0 Å². The molecule has 3 aromatic rings. The Balaban J connectivity index is 1.55. The number of carbonyl (C=O) groups excluding carboxylic acids is 3. The number of fused-ring (bicyclic) bond motifs is 2. The number of likely N-dealkylation sites (tertiary alicyclic amines) is 1. The van der Waals surface area contributed by atoms with Gasteiger partial charge >= 0.3 is 12.1 Å². The van der Waals surface area contributed by atoms with Crippen LogP contribution in [0.4, 0.5) is 9.18 Å². The number of carbonyl (C=O) groups is 3. The number of piperidine rings is 1. The molecule has 0 aliphatic carbocycles. The maximum absolute atomic E-state index is 14.7. The fraction of sp³-hybridized carbons (Fsp3) is 0.400. The lowest BCUT2D eigenvalue weighted by Gasteiger charge is -2.45. The number of ether oxygens (including phenoxy) is 3. The fourth-order valence-electron chi connectivity index (χ4n) is 6.37.